The standard InChI is InChI=1S/C39H46N4O8/c1-26(2)30(24-34(44)37(47)42-32(38(48)50-3)23-28-16-9-5-10-17-28)40-35(45)31(22-27-14-7-4-8-15-27)41-36(46)33-20-13-21-43(33)39(49)51-25-29-18-11-6-12-19-29/h4-12,14-19,26,30-33H,13,20-25H2,1-3H3,(H,40,45)(H,41,46)(H,42,47)/t30?,31-,32-,33-/m0/s1. The van der Waals surface area contributed by atoms with Gasteiger partial charge < -0.3 is 25.4 Å². The van der Waals surface area contributed by atoms with E-state index in [1.165, 1.54) is 12.0 Å². The first-order chi connectivity index (χ1) is 24.5. The van der Waals surface area contributed by atoms with E-state index in [2.05, 4.69) is 16.0 Å². The van der Waals surface area contributed by atoms with Crippen molar-refractivity contribution in [2.45, 2.75) is 76.7 Å². The van der Waals surface area contributed by atoms with Crippen LogP contribution in [-0.4, -0.2) is 78.3 Å². The second-order valence-electron chi connectivity index (χ2n) is 12.9. The molecular formula is C39H46N4O8. The van der Waals surface area contributed by atoms with Crippen molar-refractivity contribution in [2.75, 3.05) is 13.7 Å². The van der Waals surface area contributed by atoms with Gasteiger partial charge in [0.05, 0.1) is 7.11 Å². The largest absolute Gasteiger partial charge is 0.467 e. The summed E-state index contributed by atoms with van der Waals surface area (Å²) in [6, 6.07) is 23.6. The molecule has 0 spiro atoms. The van der Waals surface area contributed by atoms with E-state index in [1.807, 2.05) is 66.7 Å². The molecule has 51 heavy (non-hydrogen) atoms. The van der Waals surface area contributed by atoms with Gasteiger partial charge >= 0.3 is 12.1 Å². The Bertz CT molecular complexity index is 1630. The van der Waals surface area contributed by atoms with Crippen LogP contribution in [0, 0.1) is 5.92 Å². The van der Waals surface area contributed by atoms with Crippen LogP contribution in [-0.2, 0) is 52.9 Å². The lowest BCUT2D eigenvalue weighted by atomic mass is 9.96. The normalized spacial score (nSPS) is 15.6. The van der Waals surface area contributed by atoms with E-state index in [4.69, 9.17) is 9.47 Å². The number of esters is 1. The lowest BCUT2D eigenvalue weighted by molar-refractivity contribution is -0.146. The zero-order chi connectivity index (χ0) is 36.8. The van der Waals surface area contributed by atoms with Crippen molar-refractivity contribution in [1.82, 2.24) is 20.9 Å². The second kappa shape index (κ2) is 19.0. The fraction of sp³-hybridized carbons (Fsp3) is 0.385. The molecule has 0 aromatic heterocycles. The summed E-state index contributed by atoms with van der Waals surface area (Å²) in [5, 5.41) is 8.19. The van der Waals surface area contributed by atoms with E-state index in [-0.39, 0.29) is 31.8 Å². The SMILES string of the molecule is COC(=O)[C@H](Cc1ccccc1)NC(=O)C(=O)CC(NC(=O)[C@H](Cc1ccccc1)NC(=O)[C@@H]1CCCN1C(=O)OCc1ccccc1)C(C)C. The lowest BCUT2D eigenvalue weighted by Gasteiger charge is -2.28. The van der Waals surface area contributed by atoms with Gasteiger partial charge in [0.15, 0.2) is 0 Å². The number of methoxy groups -OCH3 is 1. The van der Waals surface area contributed by atoms with Gasteiger partial charge in [-0.1, -0.05) is 105 Å². The highest BCUT2D eigenvalue weighted by atomic mass is 16.6. The molecule has 3 aromatic rings. The van der Waals surface area contributed by atoms with Crippen LogP contribution in [0.25, 0.3) is 0 Å². The summed E-state index contributed by atoms with van der Waals surface area (Å²) in [6.07, 6.45) is 0.306. The summed E-state index contributed by atoms with van der Waals surface area (Å²) in [7, 11) is 1.20. The molecule has 3 N–H and O–H groups in total. The van der Waals surface area contributed by atoms with Gasteiger partial charge in [0.1, 0.15) is 24.7 Å². The first kappa shape index (κ1) is 38.3. The number of carbonyl (C=O) groups is 6. The van der Waals surface area contributed by atoms with Crippen molar-refractivity contribution in [3.63, 3.8) is 0 Å². The molecule has 4 atom stereocenters. The Morgan fingerprint density at radius 2 is 1.29 bits per heavy atom. The highest BCUT2D eigenvalue weighted by Crippen LogP contribution is 2.20. The maximum absolute atomic E-state index is 13.8. The molecule has 0 bridgehead atoms. The van der Waals surface area contributed by atoms with E-state index in [1.54, 1.807) is 38.1 Å². The van der Waals surface area contributed by atoms with Crippen LogP contribution in [0.15, 0.2) is 91.0 Å². The second-order valence-corrected chi connectivity index (χ2v) is 12.9. The molecule has 0 aliphatic carbocycles. The topological polar surface area (TPSA) is 160 Å². The number of hydrogen-bond donors (Lipinski definition) is 3. The first-order valence-electron chi connectivity index (χ1n) is 17.1. The molecule has 3 aromatic carbocycles. The molecule has 1 heterocycles. The Kier molecular flexibility index (Phi) is 14.3. The molecule has 12 nitrogen and oxygen atoms in total. The molecule has 0 radical (unpaired) electrons. The summed E-state index contributed by atoms with van der Waals surface area (Å²) in [5.74, 6) is -3.82. The van der Waals surface area contributed by atoms with Crippen LogP contribution < -0.4 is 16.0 Å². The highest BCUT2D eigenvalue weighted by Gasteiger charge is 2.37. The molecular weight excluding hydrogens is 652 g/mol. The number of Topliss-reactive ketones (excluding diaryl/α,β-unsaturated/α-hetero) is 1. The van der Waals surface area contributed by atoms with Crippen molar-refractivity contribution in [3.8, 4) is 0 Å². The first-order valence-corrected chi connectivity index (χ1v) is 17.1. The van der Waals surface area contributed by atoms with Crippen molar-refractivity contribution in [1.29, 1.82) is 0 Å². The minimum atomic E-state index is -1.09. The van der Waals surface area contributed by atoms with Gasteiger partial charge in [-0.2, -0.15) is 0 Å². The third-order valence-electron chi connectivity index (χ3n) is 8.78. The quantitative estimate of drug-likeness (QED) is 0.151. The van der Waals surface area contributed by atoms with Crippen LogP contribution >= 0.6 is 0 Å². The molecule has 4 rings (SSSR count). The van der Waals surface area contributed by atoms with Crippen molar-refractivity contribution >= 4 is 35.6 Å². The minimum Gasteiger partial charge on any atom is -0.467 e. The monoisotopic (exact) mass is 698 g/mol. The number of rotatable bonds is 16. The molecule has 270 valence electrons. The fourth-order valence-corrected chi connectivity index (χ4v) is 5.84. The van der Waals surface area contributed by atoms with Crippen molar-refractivity contribution in [3.05, 3.63) is 108 Å². The van der Waals surface area contributed by atoms with Gasteiger partial charge in [-0.3, -0.25) is 24.1 Å². The number of amides is 4. The Hall–Kier alpha value is -5.52. The highest BCUT2D eigenvalue weighted by molar-refractivity contribution is 6.36. The molecule has 1 fully saturated rings. The summed E-state index contributed by atoms with van der Waals surface area (Å²) in [5.41, 5.74) is 2.37. The summed E-state index contributed by atoms with van der Waals surface area (Å²) in [6.45, 7) is 3.99. The van der Waals surface area contributed by atoms with Crippen LogP contribution in [0.2, 0.25) is 0 Å². The third kappa shape index (κ3) is 11.5. The van der Waals surface area contributed by atoms with Crippen LogP contribution in [0.1, 0.15) is 49.8 Å². The zero-order valence-electron chi connectivity index (χ0n) is 29.2. The van der Waals surface area contributed by atoms with E-state index < -0.39 is 59.7 Å². The van der Waals surface area contributed by atoms with Gasteiger partial charge in [-0.05, 0) is 35.4 Å². The number of benzene rings is 3. The summed E-state index contributed by atoms with van der Waals surface area (Å²) in [4.78, 5) is 80.5. The summed E-state index contributed by atoms with van der Waals surface area (Å²) < 4.78 is 10.3. The van der Waals surface area contributed by atoms with E-state index in [0.29, 0.717) is 19.4 Å². The number of nitrogens with zero attached hydrogens (tertiary/aromatic N) is 1. The molecule has 0 saturated carbocycles. The zero-order valence-corrected chi connectivity index (χ0v) is 29.2. The maximum atomic E-state index is 13.8. The molecule has 1 unspecified atom stereocenters. The molecule has 1 saturated heterocycles. The predicted octanol–water partition coefficient (Wildman–Crippen LogP) is 3.52. The van der Waals surface area contributed by atoms with Crippen molar-refractivity contribution < 1.29 is 38.2 Å². The van der Waals surface area contributed by atoms with Crippen LogP contribution in [0.5, 0.6) is 0 Å². The van der Waals surface area contributed by atoms with Gasteiger partial charge in [0, 0.05) is 31.8 Å². The number of hydrogen-bond acceptors (Lipinski definition) is 8. The molecule has 1 aliphatic heterocycles. The Labute approximate surface area is 298 Å². The molecule has 1 aliphatic rings. The molecule has 4 amide bonds. The minimum absolute atomic E-state index is 0.0628. The maximum Gasteiger partial charge on any atom is 0.410 e. The van der Waals surface area contributed by atoms with E-state index in [9.17, 15) is 28.8 Å². The van der Waals surface area contributed by atoms with Crippen LogP contribution in [0.4, 0.5) is 4.79 Å². The average molecular weight is 699 g/mol. The third-order valence-corrected chi connectivity index (χ3v) is 8.78. The van der Waals surface area contributed by atoms with E-state index in [0.717, 1.165) is 16.7 Å². The Balaban J connectivity index is 1.42. The Morgan fingerprint density at radius 1 is 0.745 bits per heavy atom. The van der Waals surface area contributed by atoms with Gasteiger partial charge in [-0.25, -0.2) is 9.59 Å². The lowest BCUT2D eigenvalue weighted by Crippen LogP contribution is -2.56. The van der Waals surface area contributed by atoms with Crippen molar-refractivity contribution in [2.24, 2.45) is 5.92 Å². The number of ether oxygens (including phenoxy) is 2. The van der Waals surface area contributed by atoms with Gasteiger partial charge in [-0.15, -0.1) is 0 Å². The molecule has 12 heteroatoms. The number of carbonyl (C=O) groups excluding carboxylic acids is 6. The van der Waals surface area contributed by atoms with Gasteiger partial charge in [0.2, 0.25) is 17.6 Å². The number of ketones is 1. The number of nitrogens with one attached hydrogen (secondary N) is 3. The Morgan fingerprint density at radius 3 is 1.84 bits per heavy atom. The van der Waals surface area contributed by atoms with Crippen LogP contribution in [0.3, 0.4) is 0 Å². The van der Waals surface area contributed by atoms with Gasteiger partial charge in [0.25, 0.3) is 5.91 Å². The van der Waals surface area contributed by atoms with E-state index >= 15 is 0 Å². The average Bonchev–Trinajstić information content (AvgIpc) is 3.64. The summed E-state index contributed by atoms with van der Waals surface area (Å²) >= 11 is 0. The smallest absolute Gasteiger partial charge is 0.410 e. The number of likely N-dealkylation sites (tertiary alicyclic amines) is 1. The fourth-order valence-electron chi connectivity index (χ4n) is 5.84. The predicted molar refractivity (Wildman–Crippen MR) is 189 cm³/mol.